The maximum atomic E-state index is 11.7. The average molecular weight is 466 g/mol. The smallest absolute Gasteiger partial charge is 0.251 e. The number of rotatable bonds is 6. The molecule has 1 atom stereocenters. The van der Waals surface area contributed by atoms with Gasteiger partial charge in [-0.2, -0.15) is 0 Å². The zero-order chi connectivity index (χ0) is 18.1. The van der Waals surface area contributed by atoms with E-state index in [0.29, 0.717) is 5.56 Å². The molecular formula is C20H27IN4O. The monoisotopic (exact) mass is 466 g/mol. The number of amides is 1. The summed E-state index contributed by atoms with van der Waals surface area (Å²) in [5.74, 6) is 0.697. The normalized spacial score (nSPS) is 11.9. The van der Waals surface area contributed by atoms with E-state index in [1.807, 2.05) is 42.5 Å². The highest BCUT2D eigenvalue weighted by Crippen LogP contribution is 2.10. The third-order valence-electron chi connectivity index (χ3n) is 4.00. The number of hydrogen-bond acceptors (Lipinski definition) is 2. The first kappa shape index (κ1) is 22.0. The van der Waals surface area contributed by atoms with Gasteiger partial charge in [-0.05, 0) is 36.6 Å². The van der Waals surface area contributed by atoms with Crippen molar-refractivity contribution in [1.82, 2.24) is 16.0 Å². The number of carbonyl (C=O) groups excluding carboxylic acids is 1. The molecule has 0 heterocycles. The number of benzene rings is 2. The van der Waals surface area contributed by atoms with Gasteiger partial charge in [-0.15, -0.1) is 24.0 Å². The highest BCUT2D eigenvalue weighted by molar-refractivity contribution is 14.0. The van der Waals surface area contributed by atoms with Crippen LogP contribution in [-0.4, -0.2) is 32.5 Å². The Morgan fingerprint density at radius 1 is 1.12 bits per heavy atom. The zero-order valence-corrected chi connectivity index (χ0v) is 17.8. The van der Waals surface area contributed by atoms with Gasteiger partial charge in [-0.25, -0.2) is 0 Å². The van der Waals surface area contributed by atoms with Crippen LogP contribution in [0.2, 0.25) is 0 Å². The van der Waals surface area contributed by atoms with Gasteiger partial charge < -0.3 is 16.0 Å². The summed E-state index contributed by atoms with van der Waals surface area (Å²) in [6.07, 6.45) is 0.811. The Balaban J connectivity index is 0.00000338. The van der Waals surface area contributed by atoms with E-state index in [0.717, 1.165) is 24.5 Å². The molecule has 1 amide bonds. The van der Waals surface area contributed by atoms with Crippen molar-refractivity contribution < 1.29 is 4.79 Å². The van der Waals surface area contributed by atoms with Crippen LogP contribution >= 0.6 is 24.0 Å². The largest absolute Gasteiger partial charge is 0.356 e. The number of hydrogen-bond donors (Lipinski definition) is 3. The molecule has 140 valence electrons. The number of aliphatic imine (C=N–C) groups is 1. The number of nitrogens with zero attached hydrogens (tertiary/aromatic N) is 1. The van der Waals surface area contributed by atoms with E-state index in [1.165, 1.54) is 5.56 Å². The lowest BCUT2D eigenvalue weighted by Crippen LogP contribution is -2.39. The molecule has 26 heavy (non-hydrogen) atoms. The number of guanidine groups is 1. The molecule has 3 N–H and O–H groups in total. The molecule has 5 nitrogen and oxygen atoms in total. The van der Waals surface area contributed by atoms with Gasteiger partial charge in [0.2, 0.25) is 0 Å². The lowest BCUT2D eigenvalue weighted by molar-refractivity contribution is 0.0963. The SMILES string of the molecule is CN=C(NCCc1cccc(C(=O)NC)c1)NC(C)c1ccccc1.I. The summed E-state index contributed by atoms with van der Waals surface area (Å²) < 4.78 is 0. The topological polar surface area (TPSA) is 65.5 Å². The molecule has 0 radical (unpaired) electrons. The summed E-state index contributed by atoms with van der Waals surface area (Å²) >= 11 is 0. The Labute approximate surface area is 172 Å². The minimum atomic E-state index is -0.0658. The van der Waals surface area contributed by atoms with Gasteiger partial charge >= 0.3 is 0 Å². The molecule has 0 saturated carbocycles. The van der Waals surface area contributed by atoms with E-state index in [9.17, 15) is 4.79 Å². The highest BCUT2D eigenvalue weighted by atomic mass is 127. The molecule has 0 bridgehead atoms. The maximum absolute atomic E-state index is 11.7. The fourth-order valence-corrected chi connectivity index (χ4v) is 2.56. The molecule has 2 aromatic carbocycles. The van der Waals surface area contributed by atoms with Crippen molar-refractivity contribution in [2.24, 2.45) is 4.99 Å². The van der Waals surface area contributed by atoms with Gasteiger partial charge in [0.15, 0.2) is 5.96 Å². The van der Waals surface area contributed by atoms with Crippen LogP contribution in [0.5, 0.6) is 0 Å². The van der Waals surface area contributed by atoms with Crippen molar-refractivity contribution >= 4 is 35.8 Å². The van der Waals surface area contributed by atoms with E-state index in [-0.39, 0.29) is 35.9 Å². The van der Waals surface area contributed by atoms with Crippen LogP contribution in [0.15, 0.2) is 59.6 Å². The van der Waals surface area contributed by atoms with Gasteiger partial charge in [-0.1, -0.05) is 42.5 Å². The molecule has 0 aliphatic carbocycles. The Kier molecular flexibility index (Phi) is 9.72. The molecular weight excluding hydrogens is 439 g/mol. The van der Waals surface area contributed by atoms with E-state index >= 15 is 0 Å². The first-order valence-corrected chi connectivity index (χ1v) is 8.47. The predicted octanol–water partition coefficient (Wildman–Crippen LogP) is 3.13. The van der Waals surface area contributed by atoms with Crippen LogP contribution in [0.1, 0.15) is 34.5 Å². The Morgan fingerprint density at radius 3 is 2.50 bits per heavy atom. The minimum Gasteiger partial charge on any atom is -0.356 e. The van der Waals surface area contributed by atoms with E-state index < -0.39 is 0 Å². The predicted molar refractivity (Wildman–Crippen MR) is 118 cm³/mol. The summed E-state index contributed by atoms with van der Waals surface area (Å²) in [7, 11) is 3.40. The first-order chi connectivity index (χ1) is 12.1. The molecule has 2 aromatic rings. The lowest BCUT2D eigenvalue weighted by atomic mass is 10.1. The Hall–Kier alpha value is -2.09. The molecule has 1 unspecified atom stereocenters. The van der Waals surface area contributed by atoms with E-state index in [4.69, 9.17) is 0 Å². The maximum Gasteiger partial charge on any atom is 0.251 e. The molecule has 2 rings (SSSR count). The van der Waals surface area contributed by atoms with Crippen molar-refractivity contribution in [2.75, 3.05) is 20.6 Å². The number of carbonyl (C=O) groups is 1. The molecule has 0 saturated heterocycles. The quantitative estimate of drug-likeness (QED) is 0.348. The fraction of sp³-hybridized carbons (Fsp3) is 0.300. The van der Waals surface area contributed by atoms with Crippen LogP contribution < -0.4 is 16.0 Å². The van der Waals surface area contributed by atoms with Crippen LogP contribution in [0.25, 0.3) is 0 Å². The highest BCUT2D eigenvalue weighted by Gasteiger charge is 2.07. The summed E-state index contributed by atoms with van der Waals surface area (Å²) in [6, 6.07) is 18.1. The second-order valence-electron chi connectivity index (χ2n) is 5.81. The van der Waals surface area contributed by atoms with Gasteiger partial charge in [-0.3, -0.25) is 9.79 Å². The van der Waals surface area contributed by atoms with Crippen LogP contribution in [0, 0.1) is 0 Å². The van der Waals surface area contributed by atoms with Crippen molar-refractivity contribution in [3.8, 4) is 0 Å². The van der Waals surface area contributed by atoms with Crippen LogP contribution in [-0.2, 0) is 6.42 Å². The molecule has 0 fully saturated rings. The second kappa shape index (κ2) is 11.5. The molecule has 0 aliphatic heterocycles. The summed E-state index contributed by atoms with van der Waals surface area (Å²) in [5, 5.41) is 9.35. The minimum absolute atomic E-state index is 0. The van der Waals surface area contributed by atoms with Crippen LogP contribution in [0.3, 0.4) is 0 Å². The number of nitrogens with one attached hydrogen (secondary N) is 3. The molecule has 0 aliphatic rings. The lowest BCUT2D eigenvalue weighted by Gasteiger charge is -2.18. The fourth-order valence-electron chi connectivity index (χ4n) is 2.56. The van der Waals surface area contributed by atoms with Crippen molar-refractivity contribution in [1.29, 1.82) is 0 Å². The van der Waals surface area contributed by atoms with Crippen molar-refractivity contribution in [2.45, 2.75) is 19.4 Å². The summed E-state index contributed by atoms with van der Waals surface area (Å²) in [4.78, 5) is 16.0. The third kappa shape index (κ3) is 6.67. The standard InChI is InChI=1S/C20H26N4O.HI/c1-15(17-9-5-4-6-10-17)24-20(22-3)23-13-12-16-8-7-11-18(14-16)19(25)21-2;/h4-11,14-15H,12-13H2,1-3H3,(H,21,25)(H2,22,23,24);1H. The van der Waals surface area contributed by atoms with Gasteiger partial charge in [0.1, 0.15) is 0 Å². The van der Waals surface area contributed by atoms with Gasteiger partial charge in [0.05, 0.1) is 6.04 Å². The zero-order valence-electron chi connectivity index (χ0n) is 15.5. The van der Waals surface area contributed by atoms with Gasteiger partial charge in [0.25, 0.3) is 5.91 Å². The van der Waals surface area contributed by atoms with Crippen molar-refractivity contribution in [3.05, 3.63) is 71.3 Å². The summed E-state index contributed by atoms with van der Waals surface area (Å²) in [5.41, 5.74) is 3.00. The average Bonchev–Trinajstić information content (AvgIpc) is 2.67. The Bertz CT molecular complexity index is 719. The van der Waals surface area contributed by atoms with Crippen molar-refractivity contribution in [3.63, 3.8) is 0 Å². The molecule has 6 heteroatoms. The van der Waals surface area contributed by atoms with E-state index in [2.05, 4.69) is 40.0 Å². The third-order valence-corrected chi connectivity index (χ3v) is 4.00. The van der Waals surface area contributed by atoms with Crippen LogP contribution in [0.4, 0.5) is 0 Å². The van der Waals surface area contributed by atoms with Gasteiger partial charge in [0, 0.05) is 26.2 Å². The Morgan fingerprint density at radius 2 is 1.85 bits per heavy atom. The first-order valence-electron chi connectivity index (χ1n) is 8.47. The summed E-state index contributed by atoms with van der Waals surface area (Å²) in [6.45, 7) is 2.84. The van der Waals surface area contributed by atoms with E-state index in [1.54, 1.807) is 14.1 Å². The number of halogens is 1. The molecule has 0 spiro atoms. The molecule has 0 aromatic heterocycles. The second-order valence-corrected chi connectivity index (χ2v) is 5.81.